The third kappa shape index (κ3) is 2.38. The number of rotatable bonds is 4. The molecule has 1 aromatic heterocycles. The van der Waals surface area contributed by atoms with Gasteiger partial charge < -0.3 is 9.72 Å². The first-order chi connectivity index (χ1) is 10.6. The fraction of sp³-hybridized carbons (Fsp3) is 0.263. The molecule has 1 unspecified atom stereocenters. The number of ether oxygens (including phenoxy) is 1. The second kappa shape index (κ2) is 5.85. The van der Waals surface area contributed by atoms with E-state index in [1.807, 2.05) is 12.1 Å². The number of para-hydroxylation sites is 2. The van der Waals surface area contributed by atoms with E-state index in [-0.39, 0.29) is 6.04 Å². The van der Waals surface area contributed by atoms with Gasteiger partial charge in [-0.2, -0.15) is 0 Å². The molecule has 0 fully saturated rings. The number of benzene rings is 2. The third-order valence-corrected chi connectivity index (χ3v) is 4.17. The predicted octanol–water partition coefficient (Wildman–Crippen LogP) is 4.14. The number of hydrogen-bond donors (Lipinski definition) is 1. The van der Waals surface area contributed by atoms with E-state index in [0.717, 1.165) is 5.75 Å². The van der Waals surface area contributed by atoms with Crippen molar-refractivity contribution in [3.05, 3.63) is 65.4 Å². The lowest BCUT2D eigenvalue weighted by Crippen LogP contribution is -2.22. The molecule has 0 bridgehead atoms. The van der Waals surface area contributed by atoms with Gasteiger partial charge in [-0.15, -0.1) is 0 Å². The van der Waals surface area contributed by atoms with Gasteiger partial charge in [0.2, 0.25) is 0 Å². The fourth-order valence-corrected chi connectivity index (χ4v) is 3.23. The molecule has 3 rings (SSSR count). The van der Waals surface area contributed by atoms with Crippen molar-refractivity contribution in [3.63, 3.8) is 0 Å². The average molecular weight is 294 g/mol. The van der Waals surface area contributed by atoms with Crippen LogP contribution in [0.4, 0.5) is 0 Å². The van der Waals surface area contributed by atoms with Gasteiger partial charge >= 0.3 is 0 Å². The van der Waals surface area contributed by atoms with E-state index in [4.69, 9.17) is 4.74 Å². The normalized spacial score (nSPS) is 12.8. The zero-order chi connectivity index (χ0) is 15.7. The Morgan fingerprint density at radius 3 is 2.41 bits per heavy atom. The lowest BCUT2D eigenvalue weighted by atomic mass is 9.94. The number of fused-ring (bicyclic) bond motifs is 1. The zero-order valence-electron chi connectivity index (χ0n) is 13.6. The minimum Gasteiger partial charge on any atom is -0.496 e. The number of aromatic nitrogens is 1. The van der Waals surface area contributed by atoms with E-state index in [9.17, 15) is 0 Å². The largest absolute Gasteiger partial charge is 0.496 e. The zero-order valence-corrected chi connectivity index (χ0v) is 13.6. The number of aryl methyl sites for hydroxylation is 1. The second-order valence-electron chi connectivity index (χ2n) is 5.82. The van der Waals surface area contributed by atoms with Crippen LogP contribution in [-0.4, -0.2) is 31.1 Å². The lowest BCUT2D eigenvalue weighted by Gasteiger charge is -2.27. The minimum absolute atomic E-state index is 0.146. The van der Waals surface area contributed by atoms with Crippen molar-refractivity contribution < 1.29 is 4.74 Å². The number of methoxy groups -OCH3 is 1. The van der Waals surface area contributed by atoms with Gasteiger partial charge in [-0.1, -0.05) is 36.4 Å². The van der Waals surface area contributed by atoms with Gasteiger partial charge in [0, 0.05) is 27.7 Å². The molecule has 0 radical (unpaired) electrons. The monoisotopic (exact) mass is 294 g/mol. The van der Waals surface area contributed by atoms with Gasteiger partial charge in [0.05, 0.1) is 13.2 Å². The Morgan fingerprint density at radius 2 is 1.68 bits per heavy atom. The smallest absolute Gasteiger partial charge is 0.123 e. The SMILES string of the molecule is COc1ccccc1C(c1c(C)[nH]c2ccccc12)N(C)C. The summed E-state index contributed by atoms with van der Waals surface area (Å²) in [7, 11) is 5.95. The second-order valence-corrected chi connectivity index (χ2v) is 5.82. The molecule has 1 atom stereocenters. The summed E-state index contributed by atoms with van der Waals surface area (Å²) in [6.45, 7) is 2.14. The van der Waals surface area contributed by atoms with Crippen LogP contribution in [0.15, 0.2) is 48.5 Å². The van der Waals surface area contributed by atoms with Gasteiger partial charge in [-0.3, -0.25) is 4.90 Å². The molecule has 3 nitrogen and oxygen atoms in total. The van der Waals surface area contributed by atoms with Gasteiger partial charge in [0.1, 0.15) is 5.75 Å². The Bertz CT molecular complexity index is 789. The number of hydrogen-bond acceptors (Lipinski definition) is 2. The van der Waals surface area contributed by atoms with Crippen LogP contribution in [0.2, 0.25) is 0 Å². The quantitative estimate of drug-likeness (QED) is 0.783. The highest BCUT2D eigenvalue weighted by atomic mass is 16.5. The first kappa shape index (κ1) is 14.7. The molecule has 114 valence electrons. The van der Waals surface area contributed by atoms with E-state index in [1.165, 1.54) is 27.7 Å². The highest BCUT2D eigenvalue weighted by Gasteiger charge is 2.25. The summed E-state index contributed by atoms with van der Waals surface area (Å²) in [5, 5.41) is 1.27. The highest BCUT2D eigenvalue weighted by Crippen LogP contribution is 2.38. The molecule has 3 aromatic rings. The molecule has 3 heteroatoms. The Kier molecular flexibility index (Phi) is 3.90. The molecule has 0 spiro atoms. The van der Waals surface area contributed by atoms with Gasteiger partial charge in [-0.05, 0) is 33.2 Å². The Labute approximate surface area is 131 Å². The van der Waals surface area contributed by atoms with Crippen LogP contribution in [-0.2, 0) is 0 Å². The van der Waals surface area contributed by atoms with Crippen molar-refractivity contribution >= 4 is 10.9 Å². The first-order valence-electron chi connectivity index (χ1n) is 7.50. The number of nitrogens with one attached hydrogen (secondary N) is 1. The molecular formula is C19H22N2O. The van der Waals surface area contributed by atoms with Crippen molar-refractivity contribution in [2.75, 3.05) is 21.2 Å². The summed E-state index contributed by atoms with van der Waals surface area (Å²) < 4.78 is 5.59. The maximum atomic E-state index is 5.59. The maximum absolute atomic E-state index is 5.59. The van der Waals surface area contributed by atoms with Crippen LogP contribution in [0.25, 0.3) is 10.9 Å². The van der Waals surface area contributed by atoms with Crippen LogP contribution in [0, 0.1) is 6.92 Å². The summed E-state index contributed by atoms with van der Waals surface area (Å²) in [4.78, 5) is 5.74. The van der Waals surface area contributed by atoms with Crippen LogP contribution in [0.3, 0.4) is 0 Å². The van der Waals surface area contributed by atoms with E-state index < -0.39 is 0 Å². The van der Waals surface area contributed by atoms with Crippen LogP contribution in [0.5, 0.6) is 5.75 Å². The van der Waals surface area contributed by atoms with Gasteiger partial charge in [-0.25, -0.2) is 0 Å². The molecule has 0 aliphatic heterocycles. The fourth-order valence-electron chi connectivity index (χ4n) is 3.23. The Hall–Kier alpha value is -2.26. The molecule has 22 heavy (non-hydrogen) atoms. The molecule has 1 N–H and O–H groups in total. The summed E-state index contributed by atoms with van der Waals surface area (Å²) in [5.41, 5.74) is 4.87. The molecule has 1 heterocycles. The number of nitrogens with zero attached hydrogens (tertiary/aromatic N) is 1. The van der Waals surface area contributed by atoms with Crippen LogP contribution in [0.1, 0.15) is 22.9 Å². The van der Waals surface area contributed by atoms with Crippen LogP contribution >= 0.6 is 0 Å². The molecular weight excluding hydrogens is 272 g/mol. The Morgan fingerprint density at radius 1 is 1.00 bits per heavy atom. The standard InChI is InChI=1S/C19H22N2O/c1-13-18(14-9-5-7-11-16(14)20-13)19(21(2)3)15-10-6-8-12-17(15)22-4/h5-12,19-20H,1-4H3. The van der Waals surface area contributed by atoms with Crippen molar-refractivity contribution in [2.45, 2.75) is 13.0 Å². The summed E-state index contributed by atoms with van der Waals surface area (Å²) in [6, 6.07) is 16.9. The van der Waals surface area contributed by atoms with E-state index in [2.05, 4.69) is 67.3 Å². The Balaban J connectivity index is 2.25. The lowest BCUT2D eigenvalue weighted by molar-refractivity contribution is 0.327. The summed E-state index contributed by atoms with van der Waals surface area (Å²) >= 11 is 0. The predicted molar refractivity (Wildman–Crippen MR) is 91.6 cm³/mol. The number of H-pyrrole nitrogens is 1. The van der Waals surface area contributed by atoms with Crippen molar-refractivity contribution in [3.8, 4) is 5.75 Å². The van der Waals surface area contributed by atoms with Crippen molar-refractivity contribution in [2.24, 2.45) is 0 Å². The minimum atomic E-state index is 0.146. The van der Waals surface area contributed by atoms with E-state index in [1.54, 1.807) is 7.11 Å². The molecule has 0 saturated carbocycles. The molecule has 0 aliphatic carbocycles. The topological polar surface area (TPSA) is 28.3 Å². The maximum Gasteiger partial charge on any atom is 0.123 e. The van der Waals surface area contributed by atoms with Crippen LogP contribution < -0.4 is 4.74 Å². The molecule has 0 amide bonds. The van der Waals surface area contributed by atoms with E-state index >= 15 is 0 Å². The summed E-state index contributed by atoms with van der Waals surface area (Å²) in [5.74, 6) is 0.922. The van der Waals surface area contributed by atoms with Crippen molar-refractivity contribution in [1.29, 1.82) is 0 Å². The molecule has 0 saturated heterocycles. The molecule has 0 aliphatic rings. The molecule has 2 aromatic carbocycles. The third-order valence-electron chi connectivity index (χ3n) is 4.17. The van der Waals surface area contributed by atoms with Gasteiger partial charge in [0.25, 0.3) is 0 Å². The highest BCUT2D eigenvalue weighted by molar-refractivity contribution is 5.85. The summed E-state index contributed by atoms with van der Waals surface area (Å²) in [6.07, 6.45) is 0. The van der Waals surface area contributed by atoms with Crippen molar-refractivity contribution in [1.82, 2.24) is 9.88 Å². The average Bonchev–Trinajstić information content (AvgIpc) is 2.84. The van der Waals surface area contributed by atoms with E-state index in [0.29, 0.717) is 0 Å². The van der Waals surface area contributed by atoms with Gasteiger partial charge in [0.15, 0.2) is 0 Å². The number of aromatic amines is 1. The first-order valence-corrected chi connectivity index (χ1v) is 7.50.